The fourth-order valence-corrected chi connectivity index (χ4v) is 2.46. The van der Waals surface area contributed by atoms with E-state index in [4.69, 9.17) is 0 Å². The molecule has 0 unspecified atom stereocenters. The quantitative estimate of drug-likeness (QED) is 0.876. The van der Waals surface area contributed by atoms with E-state index in [0.29, 0.717) is 19.6 Å². The van der Waals surface area contributed by atoms with Gasteiger partial charge in [0.25, 0.3) is 0 Å². The highest BCUT2D eigenvalue weighted by molar-refractivity contribution is 5.74. The lowest BCUT2D eigenvalue weighted by Crippen LogP contribution is -2.30. The van der Waals surface area contributed by atoms with E-state index < -0.39 is 0 Å². The van der Waals surface area contributed by atoms with Crippen LogP contribution < -0.4 is 5.32 Å². The maximum atomic E-state index is 13.3. The Balaban J connectivity index is 1.95. The van der Waals surface area contributed by atoms with Crippen LogP contribution in [0.15, 0.2) is 36.5 Å². The van der Waals surface area contributed by atoms with Crippen molar-refractivity contribution < 1.29 is 9.18 Å². The van der Waals surface area contributed by atoms with Crippen LogP contribution in [0.1, 0.15) is 12.5 Å². The van der Waals surface area contributed by atoms with Crippen molar-refractivity contribution in [2.24, 2.45) is 0 Å². The van der Waals surface area contributed by atoms with Crippen molar-refractivity contribution in [3.63, 3.8) is 0 Å². The molecule has 0 atom stereocenters. The van der Waals surface area contributed by atoms with E-state index in [0.717, 1.165) is 22.5 Å². The largest absolute Gasteiger partial charge is 0.383 e. The molecule has 0 radical (unpaired) electrons. The Kier molecular flexibility index (Phi) is 3.56. The van der Waals surface area contributed by atoms with E-state index in [1.165, 1.54) is 12.1 Å². The van der Waals surface area contributed by atoms with Crippen molar-refractivity contribution in [2.75, 3.05) is 18.4 Å². The Hall–Kier alpha value is -2.43. The zero-order valence-electron chi connectivity index (χ0n) is 11.8. The molecular weight excluding hydrogens is 269 g/mol. The smallest absolute Gasteiger partial charge is 0.219 e. The van der Waals surface area contributed by atoms with Gasteiger partial charge < -0.3 is 10.2 Å². The Labute approximate surface area is 122 Å². The normalized spacial score (nSPS) is 14.1. The lowest BCUT2D eigenvalue weighted by molar-refractivity contribution is -0.129. The van der Waals surface area contributed by atoms with Crippen LogP contribution >= 0.6 is 0 Å². The number of benzene rings is 1. The summed E-state index contributed by atoms with van der Waals surface area (Å²) >= 11 is 0. The van der Waals surface area contributed by atoms with Crippen LogP contribution in [0, 0.1) is 5.82 Å². The third-order valence-electron chi connectivity index (χ3n) is 3.61. The minimum Gasteiger partial charge on any atom is -0.383 e. The summed E-state index contributed by atoms with van der Waals surface area (Å²) in [5.74, 6) is -0.223. The van der Waals surface area contributed by atoms with Gasteiger partial charge in [-0.3, -0.25) is 9.78 Å². The van der Waals surface area contributed by atoms with Gasteiger partial charge in [-0.1, -0.05) is 12.1 Å². The van der Waals surface area contributed by atoms with E-state index in [2.05, 4.69) is 10.3 Å². The predicted molar refractivity (Wildman–Crippen MR) is 79.2 cm³/mol. The van der Waals surface area contributed by atoms with E-state index in [9.17, 15) is 9.18 Å². The summed E-state index contributed by atoms with van der Waals surface area (Å²) in [6.45, 7) is 3.48. The molecule has 3 rings (SSSR count). The Morgan fingerprint density at radius 3 is 3.00 bits per heavy atom. The molecule has 2 aromatic rings. The number of pyridine rings is 1. The number of fused-ring (bicyclic) bond motifs is 1. The van der Waals surface area contributed by atoms with E-state index >= 15 is 0 Å². The third kappa shape index (κ3) is 2.86. The molecule has 0 fully saturated rings. The highest BCUT2D eigenvalue weighted by atomic mass is 19.1. The van der Waals surface area contributed by atoms with Crippen LogP contribution in [0.2, 0.25) is 0 Å². The summed E-state index contributed by atoms with van der Waals surface area (Å²) in [4.78, 5) is 17.7. The van der Waals surface area contributed by atoms with Gasteiger partial charge in [0, 0.05) is 49.6 Å². The van der Waals surface area contributed by atoms with E-state index in [1.807, 2.05) is 12.1 Å². The first-order chi connectivity index (χ1) is 10.1. The molecular formula is C16H16FN3O. The first-order valence-corrected chi connectivity index (χ1v) is 6.88. The topological polar surface area (TPSA) is 45.2 Å². The second-order valence-electron chi connectivity index (χ2n) is 5.10. The summed E-state index contributed by atoms with van der Waals surface area (Å²) in [5, 5.41) is 3.31. The minimum absolute atomic E-state index is 0.0545. The molecule has 108 valence electrons. The lowest BCUT2D eigenvalue weighted by atomic mass is 10.1. The summed E-state index contributed by atoms with van der Waals surface area (Å²) in [5.41, 5.74) is 3.39. The van der Waals surface area contributed by atoms with Gasteiger partial charge >= 0.3 is 0 Å². The molecule has 1 aliphatic rings. The number of halogens is 1. The maximum absolute atomic E-state index is 13.3. The monoisotopic (exact) mass is 285 g/mol. The van der Waals surface area contributed by atoms with Gasteiger partial charge in [-0.05, 0) is 18.2 Å². The Morgan fingerprint density at radius 2 is 2.24 bits per heavy atom. The highest BCUT2D eigenvalue weighted by Crippen LogP contribution is 2.26. The van der Waals surface area contributed by atoms with Gasteiger partial charge in [0.2, 0.25) is 5.91 Å². The summed E-state index contributed by atoms with van der Waals surface area (Å²) in [7, 11) is 0. The number of carbonyl (C=O) groups is 1. The molecule has 21 heavy (non-hydrogen) atoms. The highest BCUT2D eigenvalue weighted by Gasteiger charge is 2.17. The number of carbonyl (C=O) groups excluding carboxylic acids is 1. The molecule has 1 aromatic carbocycles. The third-order valence-corrected chi connectivity index (χ3v) is 3.61. The van der Waals surface area contributed by atoms with Gasteiger partial charge in [-0.2, -0.15) is 0 Å². The number of amides is 1. The average Bonchev–Trinajstić information content (AvgIpc) is 2.68. The van der Waals surface area contributed by atoms with Crippen molar-refractivity contribution in [1.82, 2.24) is 9.88 Å². The zero-order valence-corrected chi connectivity index (χ0v) is 11.8. The Bertz CT molecular complexity index is 687. The average molecular weight is 285 g/mol. The van der Waals surface area contributed by atoms with Crippen LogP contribution in [0.25, 0.3) is 11.3 Å². The molecule has 1 aliphatic heterocycles. The molecule has 0 saturated heterocycles. The molecule has 0 aliphatic carbocycles. The zero-order chi connectivity index (χ0) is 14.8. The van der Waals surface area contributed by atoms with Gasteiger partial charge in [0.15, 0.2) is 0 Å². The molecule has 4 nitrogen and oxygen atoms in total. The molecule has 0 bridgehead atoms. The SMILES string of the molecule is CC(=O)N1CCNc2cc(-c3cccc(F)c3)ncc2C1. The molecule has 1 aromatic heterocycles. The van der Waals surface area contributed by atoms with E-state index in [1.54, 1.807) is 24.1 Å². The minimum atomic E-state index is -0.278. The number of anilines is 1. The molecule has 1 amide bonds. The second-order valence-corrected chi connectivity index (χ2v) is 5.10. The summed E-state index contributed by atoms with van der Waals surface area (Å²) < 4.78 is 13.3. The maximum Gasteiger partial charge on any atom is 0.219 e. The first-order valence-electron chi connectivity index (χ1n) is 6.88. The molecule has 0 spiro atoms. The standard InChI is InChI=1S/C16H16FN3O/c1-11(21)20-6-5-18-16-8-15(19-9-13(16)10-20)12-3-2-4-14(17)7-12/h2-4,7-9,18H,5-6,10H2,1H3. The van der Waals surface area contributed by atoms with Crippen molar-refractivity contribution in [3.8, 4) is 11.3 Å². The summed E-state index contributed by atoms with van der Waals surface area (Å²) in [6.07, 6.45) is 1.75. The fourth-order valence-electron chi connectivity index (χ4n) is 2.46. The predicted octanol–water partition coefficient (Wildman–Crippen LogP) is 2.66. The summed E-state index contributed by atoms with van der Waals surface area (Å²) in [6, 6.07) is 8.29. The van der Waals surface area contributed by atoms with Crippen molar-refractivity contribution in [2.45, 2.75) is 13.5 Å². The number of nitrogens with zero attached hydrogens (tertiary/aromatic N) is 2. The number of hydrogen-bond acceptors (Lipinski definition) is 3. The molecule has 5 heteroatoms. The van der Waals surface area contributed by atoms with Gasteiger partial charge in [0.05, 0.1) is 5.69 Å². The molecule has 1 N–H and O–H groups in total. The van der Waals surface area contributed by atoms with Crippen LogP contribution in [-0.4, -0.2) is 28.9 Å². The van der Waals surface area contributed by atoms with Crippen LogP contribution in [0.4, 0.5) is 10.1 Å². The van der Waals surface area contributed by atoms with Gasteiger partial charge in [-0.25, -0.2) is 4.39 Å². The van der Waals surface area contributed by atoms with Crippen molar-refractivity contribution >= 4 is 11.6 Å². The lowest BCUT2D eigenvalue weighted by Gasteiger charge is -2.17. The number of aromatic nitrogens is 1. The number of hydrogen-bond donors (Lipinski definition) is 1. The number of nitrogens with one attached hydrogen (secondary N) is 1. The van der Waals surface area contributed by atoms with E-state index in [-0.39, 0.29) is 11.7 Å². The molecule has 0 saturated carbocycles. The number of rotatable bonds is 1. The van der Waals surface area contributed by atoms with Crippen molar-refractivity contribution in [1.29, 1.82) is 0 Å². The van der Waals surface area contributed by atoms with Gasteiger partial charge in [0.1, 0.15) is 5.82 Å². The molecule has 2 heterocycles. The van der Waals surface area contributed by atoms with Crippen LogP contribution in [0.3, 0.4) is 0 Å². The second kappa shape index (κ2) is 5.52. The van der Waals surface area contributed by atoms with Gasteiger partial charge in [-0.15, -0.1) is 0 Å². The van der Waals surface area contributed by atoms with Crippen LogP contribution in [-0.2, 0) is 11.3 Å². The Morgan fingerprint density at radius 1 is 1.38 bits per heavy atom. The fraction of sp³-hybridized carbons (Fsp3) is 0.250. The van der Waals surface area contributed by atoms with Crippen LogP contribution in [0.5, 0.6) is 0 Å². The first kappa shape index (κ1) is 13.5. The van der Waals surface area contributed by atoms with Crippen molar-refractivity contribution in [3.05, 3.63) is 47.9 Å².